The van der Waals surface area contributed by atoms with Crippen LogP contribution in [0.5, 0.6) is 5.75 Å². The first-order valence-corrected chi connectivity index (χ1v) is 8.12. The summed E-state index contributed by atoms with van der Waals surface area (Å²) in [7, 11) is 0. The molecule has 1 fully saturated rings. The van der Waals surface area contributed by atoms with E-state index in [1.54, 1.807) is 13.0 Å². The molecule has 1 aromatic carbocycles. The zero-order valence-corrected chi connectivity index (χ0v) is 13.8. The molecular weight excluding hydrogens is 312 g/mol. The fourth-order valence-electron chi connectivity index (χ4n) is 2.36. The summed E-state index contributed by atoms with van der Waals surface area (Å²) in [4.78, 5) is 22.9. The van der Waals surface area contributed by atoms with Crippen LogP contribution >= 0.6 is 0 Å². The van der Waals surface area contributed by atoms with Crippen molar-refractivity contribution < 1.29 is 24.2 Å². The highest BCUT2D eigenvalue weighted by atomic mass is 16.5. The number of anilines is 1. The molecule has 132 valence electrons. The van der Waals surface area contributed by atoms with E-state index in [2.05, 4.69) is 10.6 Å². The Labute approximate surface area is 141 Å². The highest BCUT2D eigenvalue weighted by Gasteiger charge is 2.21. The highest BCUT2D eigenvalue weighted by molar-refractivity contribution is 5.79. The number of para-hydroxylation sites is 2. The molecule has 1 heterocycles. The number of hydrogen-bond donors (Lipinski definition) is 3. The molecule has 0 spiro atoms. The number of ether oxygens (including phenoxy) is 2. The lowest BCUT2D eigenvalue weighted by molar-refractivity contribution is -0.142. The smallest absolute Gasteiger partial charge is 0.309 e. The van der Waals surface area contributed by atoms with Crippen LogP contribution in [0.3, 0.4) is 0 Å². The van der Waals surface area contributed by atoms with Crippen molar-refractivity contribution in [2.45, 2.75) is 19.8 Å². The van der Waals surface area contributed by atoms with Gasteiger partial charge in [-0.2, -0.15) is 0 Å². The number of nitrogens with one attached hydrogen (secondary N) is 2. The largest absolute Gasteiger partial charge is 0.491 e. The summed E-state index contributed by atoms with van der Waals surface area (Å²) in [6.45, 7) is 3.22. The van der Waals surface area contributed by atoms with Gasteiger partial charge in [0, 0.05) is 19.1 Å². The molecule has 24 heavy (non-hydrogen) atoms. The fourth-order valence-corrected chi connectivity index (χ4v) is 2.36. The molecule has 1 aliphatic rings. The topological polar surface area (TPSA) is 96.9 Å². The van der Waals surface area contributed by atoms with E-state index in [0.29, 0.717) is 24.7 Å². The summed E-state index contributed by atoms with van der Waals surface area (Å²) in [5.74, 6) is -0.909. The number of carboxylic acids is 1. The average molecular weight is 336 g/mol. The van der Waals surface area contributed by atoms with Crippen molar-refractivity contribution in [3.8, 4) is 5.75 Å². The molecule has 0 bridgehead atoms. The van der Waals surface area contributed by atoms with E-state index in [4.69, 9.17) is 14.6 Å². The third kappa shape index (κ3) is 5.42. The SMILES string of the molecule is CC(COc1ccccc1NCNC(=O)C1CCOCC1)C(=O)O. The van der Waals surface area contributed by atoms with Gasteiger partial charge < -0.3 is 25.2 Å². The monoisotopic (exact) mass is 336 g/mol. The van der Waals surface area contributed by atoms with Gasteiger partial charge in [0.15, 0.2) is 0 Å². The Balaban J connectivity index is 1.81. The van der Waals surface area contributed by atoms with Crippen LogP contribution in [0, 0.1) is 11.8 Å². The lowest BCUT2D eigenvalue weighted by atomic mass is 10.00. The van der Waals surface area contributed by atoms with Crippen LogP contribution in [-0.4, -0.2) is 43.5 Å². The van der Waals surface area contributed by atoms with Gasteiger partial charge in [-0.3, -0.25) is 9.59 Å². The zero-order valence-electron chi connectivity index (χ0n) is 13.8. The Kier molecular flexibility index (Phi) is 6.87. The van der Waals surface area contributed by atoms with Crippen LogP contribution in [0.2, 0.25) is 0 Å². The zero-order chi connectivity index (χ0) is 17.4. The van der Waals surface area contributed by atoms with Crippen molar-refractivity contribution in [3.05, 3.63) is 24.3 Å². The van der Waals surface area contributed by atoms with E-state index in [1.165, 1.54) is 0 Å². The molecular formula is C17H24N2O5. The van der Waals surface area contributed by atoms with Crippen LogP contribution in [0.4, 0.5) is 5.69 Å². The lowest BCUT2D eigenvalue weighted by Gasteiger charge is -2.21. The van der Waals surface area contributed by atoms with E-state index in [-0.39, 0.29) is 25.1 Å². The maximum atomic E-state index is 12.1. The molecule has 1 unspecified atom stereocenters. The number of hydrogen-bond acceptors (Lipinski definition) is 5. The Morgan fingerprint density at radius 1 is 1.33 bits per heavy atom. The predicted octanol–water partition coefficient (Wildman–Crippen LogP) is 1.70. The molecule has 1 aliphatic heterocycles. The minimum Gasteiger partial charge on any atom is -0.491 e. The number of aliphatic carboxylic acids is 1. The van der Waals surface area contributed by atoms with Crippen molar-refractivity contribution in [2.24, 2.45) is 11.8 Å². The molecule has 0 aromatic heterocycles. The van der Waals surface area contributed by atoms with Crippen molar-refractivity contribution in [1.82, 2.24) is 5.32 Å². The summed E-state index contributed by atoms with van der Waals surface area (Å²) in [5.41, 5.74) is 0.711. The summed E-state index contributed by atoms with van der Waals surface area (Å²) < 4.78 is 10.8. The third-order valence-electron chi connectivity index (χ3n) is 3.93. The Bertz CT molecular complexity index is 558. The number of carboxylic acid groups (broad SMARTS) is 1. The van der Waals surface area contributed by atoms with Gasteiger partial charge >= 0.3 is 5.97 Å². The number of carbonyl (C=O) groups is 2. The van der Waals surface area contributed by atoms with Crippen molar-refractivity contribution in [2.75, 3.05) is 31.8 Å². The van der Waals surface area contributed by atoms with Crippen LogP contribution in [0.1, 0.15) is 19.8 Å². The third-order valence-corrected chi connectivity index (χ3v) is 3.93. The molecule has 1 saturated heterocycles. The maximum absolute atomic E-state index is 12.1. The van der Waals surface area contributed by atoms with Crippen LogP contribution in [-0.2, 0) is 14.3 Å². The molecule has 7 nitrogen and oxygen atoms in total. The second kappa shape index (κ2) is 9.12. The molecule has 7 heteroatoms. The van der Waals surface area contributed by atoms with Gasteiger partial charge in [0.25, 0.3) is 0 Å². The number of carbonyl (C=O) groups excluding carboxylic acids is 1. The summed E-state index contributed by atoms with van der Waals surface area (Å²) in [6.07, 6.45) is 1.50. The Morgan fingerprint density at radius 2 is 2.04 bits per heavy atom. The molecule has 1 atom stereocenters. The van der Waals surface area contributed by atoms with E-state index in [1.807, 2.05) is 18.2 Å². The molecule has 0 saturated carbocycles. The minimum absolute atomic E-state index is 0.00320. The second-order valence-electron chi connectivity index (χ2n) is 5.83. The molecule has 1 aromatic rings. The Hall–Kier alpha value is -2.28. The first-order chi connectivity index (χ1) is 11.6. The minimum atomic E-state index is -0.899. The molecule has 0 aliphatic carbocycles. The second-order valence-corrected chi connectivity index (χ2v) is 5.83. The van der Waals surface area contributed by atoms with Gasteiger partial charge in [-0.05, 0) is 31.9 Å². The average Bonchev–Trinajstić information content (AvgIpc) is 2.61. The molecule has 2 rings (SSSR count). The van der Waals surface area contributed by atoms with Crippen molar-refractivity contribution in [1.29, 1.82) is 0 Å². The van der Waals surface area contributed by atoms with E-state index in [9.17, 15) is 9.59 Å². The predicted molar refractivity (Wildman–Crippen MR) is 88.9 cm³/mol. The molecule has 3 N–H and O–H groups in total. The standard InChI is InChI=1S/C17H24N2O5/c1-12(17(21)22)10-24-15-5-3-2-4-14(15)18-11-19-16(20)13-6-8-23-9-7-13/h2-5,12-13,18H,6-11H2,1H3,(H,19,20)(H,21,22). The van der Waals surface area contributed by atoms with E-state index >= 15 is 0 Å². The number of rotatable bonds is 8. The summed E-state index contributed by atoms with van der Waals surface area (Å²) >= 11 is 0. The highest BCUT2D eigenvalue weighted by Crippen LogP contribution is 2.24. The van der Waals surface area contributed by atoms with Crippen molar-refractivity contribution in [3.63, 3.8) is 0 Å². The normalized spacial score (nSPS) is 16.2. The quantitative estimate of drug-likeness (QED) is 0.625. The van der Waals surface area contributed by atoms with Crippen LogP contribution in [0.15, 0.2) is 24.3 Å². The van der Waals surface area contributed by atoms with Crippen molar-refractivity contribution >= 4 is 17.6 Å². The maximum Gasteiger partial charge on any atom is 0.309 e. The molecule has 0 radical (unpaired) electrons. The summed E-state index contributed by atoms with van der Waals surface area (Å²) in [5, 5.41) is 14.9. The Morgan fingerprint density at radius 3 is 2.75 bits per heavy atom. The van der Waals surface area contributed by atoms with Crippen LogP contribution < -0.4 is 15.4 Å². The van der Waals surface area contributed by atoms with E-state index < -0.39 is 11.9 Å². The van der Waals surface area contributed by atoms with E-state index in [0.717, 1.165) is 12.8 Å². The van der Waals surface area contributed by atoms with Crippen LogP contribution in [0.25, 0.3) is 0 Å². The number of benzene rings is 1. The van der Waals surface area contributed by atoms with Gasteiger partial charge in [0.2, 0.25) is 5.91 Å². The van der Waals surface area contributed by atoms with Gasteiger partial charge in [-0.15, -0.1) is 0 Å². The van der Waals surface area contributed by atoms with Gasteiger partial charge in [-0.25, -0.2) is 0 Å². The summed E-state index contributed by atoms with van der Waals surface area (Å²) in [6, 6.07) is 7.24. The number of amides is 1. The fraction of sp³-hybridized carbons (Fsp3) is 0.529. The first-order valence-electron chi connectivity index (χ1n) is 8.12. The van der Waals surface area contributed by atoms with Gasteiger partial charge in [0.05, 0.1) is 18.3 Å². The van der Waals surface area contributed by atoms with Gasteiger partial charge in [-0.1, -0.05) is 12.1 Å². The van der Waals surface area contributed by atoms with Gasteiger partial charge in [0.1, 0.15) is 12.4 Å². The lowest BCUT2D eigenvalue weighted by Crippen LogP contribution is -2.37. The first kappa shape index (κ1) is 18.1. The molecule has 1 amide bonds.